The summed E-state index contributed by atoms with van der Waals surface area (Å²) in [6.07, 6.45) is 3.72. The topological polar surface area (TPSA) is 60.0 Å². The maximum absolute atomic E-state index is 5.85. The van der Waals surface area contributed by atoms with Crippen molar-refractivity contribution in [1.29, 1.82) is 0 Å². The zero-order chi connectivity index (χ0) is 14.9. The number of pyridine rings is 1. The molecule has 0 atom stereocenters. The molecule has 2 aromatic heterocycles. The highest BCUT2D eigenvalue weighted by Gasteiger charge is 2.15. The van der Waals surface area contributed by atoms with Gasteiger partial charge in [-0.3, -0.25) is 4.98 Å². The minimum Gasteiger partial charge on any atom is -0.389 e. The second-order valence-corrected chi connectivity index (χ2v) is 5.36. The Kier molecular flexibility index (Phi) is 4.04. The summed E-state index contributed by atoms with van der Waals surface area (Å²) >= 11 is 5.16. The van der Waals surface area contributed by atoms with Gasteiger partial charge in [0.2, 0.25) is 0 Å². The lowest BCUT2D eigenvalue weighted by atomic mass is 10.1. The second-order valence-electron chi connectivity index (χ2n) is 4.92. The number of imidazole rings is 1. The summed E-state index contributed by atoms with van der Waals surface area (Å²) in [5.74, 6) is 0.980. The lowest BCUT2D eigenvalue weighted by Gasteiger charge is -2.23. The van der Waals surface area contributed by atoms with Crippen molar-refractivity contribution in [1.82, 2.24) is 14.5 Å². The first-order chi connectivity index (χ1) is 9.40. The number of hydrogen-bond donors (Lipinski definition) is 1. The molecule has 0 aliphatic rings. The molecule has 6 heteroatoms. The van der Waals surface area contributed by atoms with Gasteiger partial charge in [0, 0.05) is 37.9 Å². The molecule has 2 N–H and O–H groups in total. The van der Waals surface area contributed by atoms with Gasteiger partial charge in [0.15, 0.2) is 0 Å². The van der Waals surface area contributed by atoms with Gasteiger partial charge in [-0.05, 0) is 19.9 Å². The second kappa shape index (κ2) is 5.58. The number of hydrogen-bond acceptors (Lipinski definition) is 4. The summed E-state index contributed by atoms with van der Waals surface area (Å²) in [5, 5.41) is 0. The maximum Gasteiger partial charge on any atom is 0.127 e. The van der Waals surface area contributed by atoms with Gasteiger partial charge in [-0.2, -0.15) is 0 Å². The van der Waals surface area contributed by atoms with Gasteiger partial charge in [-0.25, -0.2) is 4.98 Å². The van der Waals surface area contributed by atoms with Gasteiger partial charge < -0.3 is 15.2 Å². The molecule has 0 unspecified atom stereocenters. The van der Waals surface area contributed by atoms with Crippen LogP contribution in [0.4, 0.5) is 5.69 Å². The monoisotopic (exact) mass is 289 g/mol. The van der Waals surface area contributed by atoms with E-state index in [1.807, 2.05) is 44.8 Å². The molecule has 0 aromatic carbocycles. The van der Waals surface area contributed by atoms with Crippen LogP contribution in [0.25, 0.3) is 0 Å². The van der Waals surface area contributed by atoms with Crippen LogP contribution in [0.15, 0.2) is 18.5 Å². The van der Waals surface area contributed by atoms with Crippen molar-refractivity contribution in [2.45, 2.75) is 20.4 Å². The predicted octanol–water partition coefficient (Wildman–Crippen LogP) is 1.70. The first-order valence-corrected chi connectivity index (χ1v) is 6.76. The number of aromatic nitrogens is 3. The van der Waals surface area contributed by atoms with Gasteiger partial charge in [0.1, 0.15) is 10.8 Å². The van der Waals surface area contributed by atoms with Gasteiger partial charge in [0.05, 0.1) is 17.8 Å². The summed E-state index contributed by atoms with van der Waals surface area (Å²) < 4.78 is 2.00. The lowest BCUT2D eigenvalue weighted by Crippen LogP contribution is -2.24. The smallest absolute Gasteiger partial charge is 0.127 e. The Bertz CT molecular complexity index is 647. The van der Waals surface area contributed by atoms with Crippen LogP contribution in [0.2, 0.25) is 0 Å². The SMILES string of the molecule is Cc1cc(N(C)Cc2nccn2C)c(C(N)=S)c(C)n1. The standard InChI is InChI=1S/C14H19N5S/c1-9-7-11(13(14(15)20)10(2)17-9)19(4)8-12-16-5-6-18(12)3/h5-7H,8H2,1-4H3,(H2,15,20). The third-order valence-electron chi connectivity index (χ3n) is 3.26. The molecular formula is C14H19N5S. The molecular weight excluding hydrogens is 270 g/mol. The first-order valence-electron chi connectivity index (χ1n) is 6.35. The van der Waals surface area contributed by atoms with E-state index in [9.17, 15) is 0 Å². The van der Waals surface area contributed by atoms with E-state index in [1.54, 1.807) is 6.20 Å². The Morgan fingerprint density at radius 2 is 2.15 bits per heavy atom. The van der Waals surface area contributed by atoms with Crippen LogP contribution < -0.4 is 10.6 Å². The fourth-order valence-electron chi connectivity index (χ4n) is 2.26. The third kappa shape index (κ3) is 2.80. The lowest BCUT2D eigenvalue weighted by molar-refractivity contribution is 0.760. The van der Waals surface area contributed by atoms with E-state index >= 15 is 0 Å². The van der Waals surface area contributed by atoms with Crippen LogP contribution >= 0.6 is 12.2 Å². The highest BCUT2D eigenvalue weighted by atomic mass is 32.1. The quantitative estimate of drug-likeness (QED) is 0.868. The first kappa shape index (κ1) is 14.5. The zero-order valence-corrected chi connectivity index (χ0v) is 13.0. The number of nitrogens with two attached hydrogens (primary N) is 1. The molecule has 0 aliphatic carbocycles. The van der Waals surface area contributed by atoms with Crippen molar-refractivity contribution in [3.8, 4) is 0 Å². The predicted molar refractivity (Wildman–Crippen MR) is 84.9 cm³/mol. The molecule has 0 aliphatic heterocycles. The highest BCUT2D eigenvalue weighted by molar-refractivity contribution is 7.80. The van der Waals surface area contributed by atoms with E-state index in [1.165, 1.54) is 0 Å². The fraction of sp³-hybridized carbons (Fsp3) is 0.357. The van der Waals surface area contributed by atoms with Crippen molar-refractivity contribution >= 4 is 22.9 Å². The number of aryl methyl sites for hydroxylation is 3. The Morgan fingerprint density at radius 3 is 2.70 bits per heavy atom. The van der Waals surface area contributed by atoms with Crippen molar-refractivity contribution in [3.05, 3.63) is 41.2 Å². The van der Waals surface area contributed by atoms with Gasteiger partial charge in [0.25, 0.3) is 0 Å². The number of anilines is 1. The van der Waals surface area contributed by atoms with Gasteiger partial charge in [-0.15, -0.1) is 0 Å². The summed E-state index contributed by atoms with van der Waals surface area (Å²) in [4.78, 5) is 11.2. The Hall–Kier alpha value is -1.95. The number of rotatable bonds is 4. The molecule has 106 valence electrons. The molecule has 2 rings (SSSR count). The summed E-state index contributed by atoms with van der Waals surface area (Å²) in [6, 6.07) is 2.00. The summed E-state index contributed by atoms with van der Waals surface area (Å²) in [7, 11) is 3.98. The fourth-order valence-corrected chi connectivity index (χ4v) is 2.51. The van der Waals surface area contributed by atoms with Crippen molar-refractivity contribution < 1.29 is 0 Å². The van der Waals surface area contributed by atoms with Crippen LogP contribution in [0.3, 0.4) is 0 Å². The number of thiocarbonyl (C=S) groups is 1. The molecule has 0 saturated heterocycles. The van der Waals surface area contributed by atoms with Gasteiger partial charge >= 0.3 is 0 Å². The van der Waals surface area contributed by atoms with Crippen LogP contribution in [-0.4, -0.2) is 26.6 Å². The molecule has 0 saturated carbocycles. The number of nitrogens with zero attached hydrogens (tertiary/aromatic N) is 4. The van der Waals surface area contributed by atoms with Crippen molar-refractivity contribution in [3.63, 3.8) is 0 Å². The Balaban J connectivity index is 2.41. The van der Waals surface area contributed by atoms with Crippen LogP contribution in [0.1, 0.15) is 22.8 Å². The molecule has 0 fully saturated rings. The molecule has 20 heavy (non-hydrogen) atoms. The van der Waals surface area contributed by atoms with Crippen LogP contribution in [-0.2, 0) is 13.6 Å². The van der Waals surface area contributed by atoms with E-state index < -0.39 is 0 Å². The summed E-state index contributed by atoms with van der Waals surface area (Å²) in [6.45, 7) is 4.58. The Labute approximate surface area is 124 Å². The van der Waals surface area contributed by atoms with Crippen molar-refractivity contribution in [2.75, 3.05) is 11.9 Å². The largest absolute Gasteiger partial charge is 0.389 e. The molecule has 0 bridgehead atoms. The highest BCUT2D eigenvalue weighted by Crippen LogP contribution is 2.24. The van der Waals surface area contributed by atoms with Crippen LogP contribution in [0.5, 0.6) is 0 Å². The normalized spacial score (nSPS) is 10.6. The molecule has 0 spiro atoms. The molecule has 5 nitrogen and oxygen atoms in total. The van der Waals surface area contributed by atoms with E-state index in [0.29, 0.717) is 11.5 Å². The zero-order valence-electron chi connectivity index (χ0n) is 12.2. The average molecular weight is 289 g/mol. The average Bonchev–Trinajstić information content (AvgIpc) is 2.73. The van der Waals surface area contributed by atoms with E-state index in [0.717, 1.165) is 28.5 Å². The van der Waals surface area contributed by atoms with Gasteiger partial charge in [-0.1, -0.05) is 12.2 Å². The molecule has 0 amide bonds. The molecule has 2 heterocycles. The minimum absolute atomic E-state index is 0.372. The van der Waals surface area contributed by atoms with E-state index in [2.05, 4.69) is 14.9 Å². The van der Waals surface area contributed by atoms with Crippen LogP contribution in [0, 0.1) is 13.8 Å². The molecule has 0 radical (unpaired) electrons. The third-order valence-corrected chi connectivity index (χ3v) is 3.47. The van der Waals surface area contributed by atoms with Crippen molar-refractivity contribution in [2.24, 2.45) is 12.8 Å². The summed E-state index contributed by atoms with van der Waals surface area (Å²) in [5.41, 5.74) is 9.49. The Morgan fingerprint density at radius 1 is 1.45 bits per heavy atom. The minimum atomic E-state index is 0.372. The molecule has 2 aromatic rings. The van der Waals surface area contributed by atoms with E-state index in [-0.39, 0.29) is 0 Å². The van der Waals surface area contributed by atoms with E-state index in [4.69, 9.17) is 18.0 Å². The maximum atomic E-state index is 5.85.